The Bertz CT molecular complexity index is 991. The molecule has 4 aromatic rings. The maximum atomic E-state index is 5.72. The van der Waals surface area contributed by atoms with Crippen molar-refractivity contribution in [1.82, 2.24) is 30.1 Å². The molecule has 25 heavy (non-hydrogen) atoms. The van der Waals surface area contributed by atoms with Crippen molar-refractivity contribution < 1.29 is 4.74 Å². The summed E-state index contributed by atoms with van der Waals surface area (Å²) in [7, 11) is 0. The van der Waals surface area contributed by atoms with Gasteiger partial charge < -0.3 is 15.5 Å². The number of aromatic amines is 2. The minimum absolute atomic E-state index is 0.0692. The van der Waals surface area contributed by atoms with E-state index < -0.39 is 0 Å². The van der Waals surface area contributed by atoms with E-state index in [4.69, 9.17) is 10.5 Å². The minimum atomic E-state index is -0.0692. The summed E-state index contributed by atoms with van der Waals surface area (Å²) in [4.78, 5) is 16.4. The molecule has 4 N–H and O–H groups in total. The third-order valence-corrected chi connectivity index (χ3v) is 3.75. The van der Waals surface area contributed by atoms with Crippen molar-refractivity contribution in [2.24, 2.45) is 5.73 Å². The maximum Gasteiger partial charge on any atom is 0.232 e. The quantitative estimate of drug-likeness (QED) is 0.514. The number of H-pyrrole nitrogens is 2. The highest BCUT2D eigenvalue weighted by molar-refractivity contribution is 5.94. The largest absolute Gasteiger partial charge is 0.475 e. The highest BCUT2D eigenvalue weighted by Gasteiger charge is 2.12. The number of aromatic nitrogens is 6. The summed E-state index contributed by atoms with van der Waals surface area (Å²) in [5.41, 5.74) is 10.1. The van der Waals surface area contributed by atoms with Crippen molar-refractivity contribution in [2.45, 2.75) is 13.0 Å². The molecule has 4 rings (SSSR count). The van der Waals surface area contributed by atoms with Gasteiger partial charge in [0.2, 0.25) is 5.88 Å². The van der Waals surface area contributed by atoms with Crippen LogP contribution in [-0.4, -0.2) is 42.8 Å². The van der Waals surface area contributed by atoms with Crippen molar-refractivity contribution in [3.8, 4) is 28.3 Å². The Kier molecular flexibility index (Phi) is 3.87. The fourth-order valence-corrected chi connectivity index (χ4v) is 2.55. The Morgan fingerprint density at radius 1 is 1.16 bits per heavy atom. The Morgan fingerprint density at radius 2 is 2.08 bits per heavy atom. The first-order valence-electron chi connectivity index (χ1n) is 7.88. The fourth-order valence-electron chi connectivity index (χ4n) is 2.55. The number of nitrogens with one attached hydrogen (secondary N) is 2. The first-order valence-corrected chi connectivity index (χ1v) is 7.88. The lowest BCUT2D eigenvalue weighted by molar-refractivity contribution is 0.284. The Hall–Kier alpha value is -3.26. The number of pyridine rings is 1. The lowest BCUT2D eigenvalue weighted by Gasteiger charge is -2.08. The van der Waals surface area contributed by atoms with Gasteiger partial charge in [0, 0.05) is 46.7 Å². The van der Waals surface area contributed by atoms with E-state index in [1.54, 1.807) is 24.8 Å². The lowest BCUT2D eigenvalue weighted by atomic mass is 10.1. The molecule has 0 saturated carbocycles. The van der Waals surface area contributed by atoms with E-state index in [0.29, 0.717) is 18.2 Å². The molecule has 1 atom stereocenters. The summed E-state index contributed by atoms with van der Waals surface area (Å²) in [6.07, 6.45) is 10.5. The summed E-state index contributed by atoms with van der Waals surface area (Å²) >= 11 is 0. The van der Waals surface area contributed by atoms with Crippen LogP contribution in [-0.2, 0) is 0 Å². The molecule has 126 valence electrons. The molecule has 8 heteroatoms. The Balaban J connectivity index is 1.74. The van der Waals surface area contributed by atoms with Crippen LogP contribution in [0.5, 0.6) is 5.88 Å². The van der Waals surface area contributed by atoms with Crippen LogP contribution in [0.15, 0.2) is 43.2 Å². The van der Waals surface area contributed by atoms with Crippen LogP contribution in [0.3, 0.4) is 0 Å². The molecule has 0 amide bonds. The summed E-state index contributed by atoms with van der Waals surface area (Å²) in [6, 6.07) is 1.98. The second kappa shape index (κ2) is 6.33. The van der Waals surface area contributed by atoms with Gasteiger partial charge in [-0.3, -0.25) is 10.1 Å². The van der Waals surface area contributed by atoms with Gasteiger partial charge in [-0.1, -0.05) is 0 Å². The molecule has 0 aliphatic heterocycles. The number of hydrogen-bond donors (Lipinski definition) is 3. The number of hydrogen-bond acceptors (Lipinski definition) is 6. The summed E-state index contributed by atoms with van der Waals surface area (Å²) in [6.45, 7) is 2.26. The summed E-state index contributed by atoms with van der Waals surface area (Å²) in [5.74, 6) is 0.447. The van der Waals surface area contributed by atoms with Crippen molar-refractivity contribution in [3.05, 3.63) is 43.2 Å². The van der Waals surface area contributed by atoms with Crippen LogP contribution in [0.1, 0.15) is 6.92 Å². The molecule has 8 nitrogen and oxygen atoms in total. The van der Waals surface area contributed by atoms with Gasteiger partial charge in [-0.2, -0.15) is 5.10 Å². The average molecular weight is 335 g/mol. The smallest absolute Gasteiger partial charge is 0.232 e. The topological polar surface area (TPSA) is 118 Å². The lowest BCUT2D eigenvalue weighted by Crippen LogP contribution is -2.23. The SMILES string of the molecule is C[C@H](N)COc1cncc(-c2c[nH]c3ncc(-c4cn[nH]c4)cc23)n1. The number of nitrogens with zero attached hydrogens (tertiary/aromatic N) is 4. The van der Waals surface area contributed by atoms with E-state index >= 15 is 0 Å². The number of nitrogens with two attached hydrogens (primary N) is 1. The summed E-state index contributed by atoms with van der Waals surface area (Å²) in [5, 5.41) is 7.75. The normalized spacial score (nSPS) is 12.4. The van der Waals surface area contributed by atoms with Crippen LogP contribution >= 0.6 is 0 Å². The molecule has 0 aromatic carbocycles. The van der Waals surface area contributed by atoms with E-state index in [2.05, 4.69) is 36.2 Å². The molecule has 0 unspecified atom stereocenters. The highest BCUT2D eigenvalue weighted by atomic mass is 16.5. The molecule has 0 fully saturated rings. The minimum Gasteiger partial charge on any atom is -0.475 e. The predicted octanol–water partition coefficient (Wildman–Crippen LogP) is 2.14. The Morgan fingerprint density at radius 3 is 2.88 bits per heavy atom. The van der Waals surface area contributed by atoms with Crippen molar-refractivity contribution in [3.63, 3.8) is 0 Å². The van der Waals surface area contributed by atoms with E-state index in [1.165, 1.54) is 0 Å². The van der Waals surface area contributed by atoms with Crippen LogP contribution in [0.25, 0.3) is 33.4 Å². The third kappa shape index (κ3) is 3.07. The monoisotopic (exact) mass is 335 g/mol. The molecule has 0 spiro atoms. The predicted molar refractivity (Wildman–Crippen MR) is 93.8 cm³/mol. The molecule has 0 aliphatic carbocycles. The van der Waals surface area contributed by atoms with Gasteiger partial charge in [0.15, 0.2) is 0 Å². The van der Waals surface area contributed by atoms with Gasteiger partial charge in [0.05, 0.1) is 24.3 Å². The summed E-state index contributed by atoms with van der Waals surface area (Å²) < 4.78 is 5.56. The number of fused-ring (bicyclic) bond motifs is 1. The van der Waals surface area contributed by atoms with Gasteiger partial charge in [0.25, 0.3) is 0 Å². The van der Waals surface area contributed by atoms with Crippen molar-refractivity contribution in [1.29, 1.82) is 0 Å². The number of ether oxygens (including phenoxy) is 1. The molecule has 0 aliphatic rings. The van der Waals surface area contributed by atoms with Gasteiger partial charge in [-0.05, 0) is 13.0 Å². The van der Waals surface area contributed by atoms with E-state index in [-0.39, 0.29) is 6.04 Å². The first kappa shape index (κ1) is 15.3. The van der Waals surface area contributed by atoms with Gasteiger partial charge in [0.1, 0.15) is 12.3 Å². The Labute approximate surface area is 143 Å². The molecule has 0 bridgehead atoms. The zero-order valence-electron chi connectivity index (χ0n) is 13.6. The zero-order chi connectivity index (χ0) is 17.2. The standard InChI is InChI=1S/C17H17N7O/c1-10(18)9-25-16-8-19-7-15(24-16)14-6-21-17-13(14)2-11(3-20-17)12-4-22-23-5-12/h2-8,10H,9,18H2,1H3,(H,20,21)(H,22,23)/t10-/m0/s1. The highest BCUT2D eigenvalue weighted by Crippen LogP contribution is 2.30. The number of rotatable bonds is 5. The molecular formula is C17H17N7O. The molecule has 4 heterocycles. The van der Waals surface area contributed by atoms with Crippen LogP contribution in [0, 0.1) is 0 Å². The first-order chi connectivity index (χ1) is 12.2. The van der Waals surface area contributed by atoms with Crippen LogP contribution < -0.4 is 10.5 Å². The van der Waals surface area contributed by atoms with Crippen molar-refractivity contribution >= 4 is 11.0 Å². The van der Waals surface area contributed by atoms with Gasteiger partial charge in [-0.25, -0.2) is 9.97 Å². The molecule has 0 radical (unpaired) electrons. The maximum absolute atomic E-state index is 5.72. The molecular weight excluding hydrogens is 318 g/mol. The van der Waals surface area contributed by atoms with Crippen molar-refractivity contribution in [2.75, 3.05) is 6.61 Å². The van der Waals surface area contributed by atoms with Gasteiger partial charge >= 0.3 is 0 Å². The second-order valence-electron chi connectivity index (χ2n) is 5.84. The fraction of sp³-hybridized carbons (Fsp3) is 0.176. The zero-order valence-corrected chi connectivity index (χ0v) is 13.6. The molecule has 0 saturated heterocycles. The van der Waals surface area contributed by atoms with Crippen LogP contribution in [0.4, 0.5) is 0 Å². The second-order valence-corrected chi connectivity index (χ2v) is 5.84. The van der Waals surface area contributed by atoms with E-state index in [9.17, 15) is 0 Å². The average Bonchev–Trinajstić information content (AvgIpc) is 3.29. The van der Waals surface area contributed by atoms with E-state index in [0.717, 1.165) is 27.7 Å². The molecule has 4 aromatic heterocycles. The van der Waals surface area contributed by atoms with E-state index in [1.807, 2.05) is 19.3 Å². The van der Waals surface area contributed by atoms with Crippen LogP contribution in [0.2, 0.25) is 0 Å². The third-order valence-electron chi connectivity index (χ3n) is 3.75. The van der Waals surface area contributed by atoms with Gasteiger partial charge in [-0.15, -0.1) is 0 Å².